The summed E-state index contributed by atoms with van der Waals surface area (Å²) < 4.78 is 16.8. The molecule has 0 heterocycles. The predicted molar refractivity (Wildman–Crippen MR) is 289 cm³/mol. The third kappa shape index (κ3) is 54.4. The van der Waals surface area contributed by atoms with E-state index in [-0.39, 0.29) is 31.1 Å². The van der Waals surface area contributed by atoms with Crippen LogP contribution < -0.4 is 0 Å². The summed E-state index contributed by atoms with van der Waals surface area (Å²) in [6.45, 7) is 6.64. The first kappa shape index (κ1) is 64.6. The molecule has 0 fully saturated rings. The molecule has 0 aromatic carbocycles. The monoisotopic (exact) mass is 941 g/mol. The highest BCUT2D eigenvalue weighted by Gasteiger charge is 2.19. The van der Waals surface area contributed by atoms with Crippen molar-refractivity contribution in [2.75, 3.05) is 13.2 Å². The zero-order valence-corrected chi connectivity index (χ0v) is 44.9. The second kappa shape index (κ2) is 56.2. The maximum absolute atomic E-state index is 12.8. The van der Waals surface area contributed by atoms with Gasteiger partial charge < -0.3 is 14.2 Å². The van der Waals surface area contributed by atoms with Crippen LogP contribution in [-0.4, -0.2) is 37.2 Å². The van der Waals surface area contributed by atoms with Gasteiger partial charge in [0, 0.05) is 19.3 Å². The molecular formula is C61H112O6. The van der Waals surface area contributed by atoms with E-state index in [1.165, 1.54) is 193 Å². The van der Waals surface area contributed by atoms with Gasteiger partial charge in [0.2, 0.25) is 0 Å². The molecule has 0 aliphatic carbocycles. The molecule has 1 atom stereocenters. The van der Waals surface area contributed by atoms with Crippen LogP contribution in [0.25, 0.3) is 0 Å². The summed E-state index contributed by atoms with van der Waals surface area (Å²) in [4.78, 5) is 38.1. The Morgan fingerprint density at radius 2 is 0.537 bits per heavy atom. The van der Waals surface area contributed by atoms with Crippen LogP contribution in [0.3, 0.4) is 0 Å². The zero-order valence-electron chi connectivity index (χ0n) is 44.9. The number of carbonyl (C=O) groups excluding carboxylic acids is 3. The first-order valence-electron chi connectivity index (χ1n) is 29.5. The molecule has 0 aromatic rings. The molecule has 67 heavy (non-hydrogen) atoms. The topological polar surface area (TPSA) is 78.9 Å². The van der Waals surface area contributed by atoms with Crippen LogP contribution >= 0.6 is 0 Å². The van der Waals surface area contributed by atoms with Crippen LogP contribution in [-0.2, 0) is 28.6 Å². The Morgan fingerprint density at radius 3 is 0.851 bits per heavy atom. The minimum Gasteiger partial charge on any atom is -0.462 e. The molecule has 0 amide bonds. The lowest BCUT2D eigenvalue weighted by molar-refractivity contribution is -0.167. The van der Waals surface area contributed by atoms with Gasteiger partial charge in [-0.05, 0) is 70.6 Å². The Balaban J connectivity index is 4.37. The fraction of sp³-hybridized carbons (Fsp3) is 0.852. The molecule has 0 aliphatic rings. The summed E-state index contributed by atoms with van der Waals surface area (Å²) in [5.74, 6) is -0.909. The Bertz CT molecular complexity index is 1130. The number of carbonyl (C=O) groups is 3. The SMILES string of the molecule is CCCCCCCCC/C=C\C=C/CCCCCC(=O)OC(COC(=O)CCCCC/C=C\CCCCCCCCC)COC(=O)CCCCCCCCCCCCCCCCCCCCC. The molecule has 0 rings (SSSR count). The highest BCUT2D eigenvalue weighted by Crippen LogP contribution is 2.16. The van der Waals surface area contributed by atoms with Gasteiger partial charge in [-0.1, -0.05) is 263 Å². The second-order valence-corrected chi connectivity index (χ2v) is 19.9. The van der Waals surface area contributed by atoms with Gasteiger partial charge in [0.05, 0.1) is 0 Å². The minimum atomic E-state index is -0.789. The molecule has 1 unspecified atom stereocenters. The molecule has 0 bridgehead atoms. The van der Waals surface area contributed by atoms with Gasteiger partial charge in [0.15, 0.2) is 6.10 Å². The van der Waals surface area contributed by atoms with Gasteiger partial charge in [0.25, 0.3) is 0 Å². The van der Waals surface area contributed by atoms with Gasteiger partial charge in [0.1, 0.15) is 13.2 Å². The number of ether oxygens (including phenoxy) is 3. The number of esters is 3. The Kier molecular flexibility index (Phi) is 54.2. The van der Waals surface area contributed by atoms with Crippen LogP contribution in [0.15, 0.2) is 36.5 Å². The van der Waals surface area contributed by atoms with E-state index < -0.39 is 6.10 Å². The molecule has 0 spiro atoms. The summed E-state index contributed by atoms with van der Waals surface area (Å²) in [7, 11) is 0. The van der Waals surface area contributed by atoms with Crippen molar-refractivity contribution in [2.24, 2.45) is 0 Å². The van der Waals surface area contributed by atoms with E-state index in [0.717, 1.165) is 83.5 Å². The summed E-state index contributed by atoms with van der Waals surface area (Å²) >= 11 is 0. The normalized spacial score (nSPS) is 12.2. The molecule has 0 N–H and O–H groups in total. The van der Waals surface area contributed by atoms with Crippen molar-refractivity contribution in [3.63, 3.8) is 0 Å². The van der Waals surface area contributed by atoms with Crippen LogP contribution in [0.4, 0.5) is 0 Å². The summed E-state index contributed by atoms with van der Waals surface area (Å²) in [5, 5.41) is 0. The molecule has 0 radical (unpaired) electrons. The van der Waals surface area contributed by atoms with E-state index >= 15 is 0 Å². The standard InChI is InChI=1S/C61H112O6/c1-4-7-10-13-16-19-22-25-28-30-31-32-34-36-39-42-45-48-51-54-60(63)66-57-58(56-65-59(62)53-50-47-44-41-38-35-27-24-21-18-15-12-9-6-3)67-61(64)55-52-49-46-43-40-37-33-29-26-23-20-17-14-11-8-5-2/h29,33,35,37-38,40,58H,4-28,30-32,34,36,39,41-57H2,1-3H3/b33-29-,38-35-,40-37-. The number of hydrogen-bond donors (Lipinski definition) is 0. The molecule has 6 nitrogen and oxygen atoms in total. The third-order valence-electron chi connectivity index (χ3n) is 13.1. The third-order valence-corrected chi connectivity index (χ3v) is 13.1. The van der Waals surface area contributed by atoms with E-state index in [9.17, 15) is 14.4 Å². The van der Waals surface area contributed by atoms with Crippen LogP contribution in [0.5, 0.6) is 0 Å². The van der Waals surface area contributed by atoms with E-state index in [0.29, 0.717) is 19.3 Å². The lowest BCUT2D eigenvalue weighted by atomic mass is 10.0. The lowest BCUT2D eigenvalue weighted by Gasteiger charge is -2.18. The van der Waals surface area contributed by atoms with E-state index in [2.05, 4.69) is 57.2 Å². The molecular weight excluding hydrogens is 829 g/mol. The summed E-state index contributed by atoms with van der Waals surface area (Å²) in [5.41, 5.74) is 0. The van der Waals surface area contributed by atoms with Crippen molar-refractivity contribution in [3.05, 3.63) is 36.5 Å². The number of rotatable bonds is 54. The average molecular weight is 942 g/mol. The van der Waals surface area contributed by atoms with Crippen molar-refractivity contribution in [3.8, 4) is 0 Å². The first-order valence-corrected chi connectivity index (χ1v) is 29.5. The molecule has 0 aliphatic heterocycles. The molecule has 6 heteroatoms. The van der Waals surface area contributed by atoms with E-state index in [1.807, 2.05) is 0 Å². The van der Waals surface area contributed by atoms with Gasteiger partial charge in [-0.15, -0.1) is 0 Å². The largest absolute Gasteiger partial charge is 0.462 e. The van der Waals surface area contributed by atoms with Gasteiger partial charge in [-0.25, -0.2) is 0 Å². The van der Waals surface area contributed by atoms with Gasteiger partial charge >= 0.3 is 17.9 Å². The van der Waals surface area contributed by atoms with Crippen molar-refractivity contribution in [1.82, 2.24) is 0 Å². The van der Waals surface area contributed by atoms with E-state index in [4.69, 9.17) is 14.2 Å². The van der Waals surface area contributed by atoms with Crippen LogP contribution in [0, 0.1) is 0 Å². The van der Waals surface area contributed by atoms with Crippen molar-refractivity contribution in [1.29, 1.82) is 0 Å². The maximum Gasteiger partial charge on any atom is 0.306 e. The summed E-state index contributed by atoms with van der Waals surface area (Å²) in [6.07, 6.45) is 67.1. The van der Waals surface area contributed by atoms with Crippen molar-refractivity contribution >= 4 is 17.9 Å². The molecule has 392 valence electrons. The second-order valence-electron chi connectivity index (χ2n) is 19.9. The summed E-state index contributed by atoms with van der Waals surface area (Å²) in [6, 6.07) is 0. The minimum absolute atomic E-state index is 0.0839. The lowest BCUT2D eigenvalue weighted by Crippen LogP contribution is -2.30. The van der Waals surface area contributed by atoms with Gasteiger partial charge in [-0.2, -0.15) is 0 Å². The fourth-order valence-corrected chi connectivity index (χ4v) is 8.67. The van der Waals surface area contributed by atoms with E-state index in [1.54, 1.807) is 0 Å². The average Bonchev–Trinajstić information content (AvgIpc) is 3.33. The zero-order chi connectivity index (χ0) is 48.6. The predicted octanol–water partition coefficient (Wildman–Crippen LogP) is 19.7. The number of unbranched alkanes of at least 4 members (excludes halogenated alkanes) is 38. The highest BCUT2D eigenvalue weighted by molar-refractivity contribution is 5.71. The fourth-order valence-electron chi connectivity index (χ4n) is 8.67. The Hall–Kier alpha value is -2.37. The highest BCUT2D eigenvalue weighted by atomic mass is 16.6. The molecule has 0 saturated heterocycles. The Labute approximate surface area is 416 Å². The quantitative estimate of drug-likeness (QED) is 0.0199. The van der Waals surface area contributed by atoms with Crippen molar-refractivity contribution < 1.29 is 28.6 Å². The smallest absolute Gasteiger partial charge is 0.306 e. The van der Waals surface area contributed by atoms with Crippen LogP contribution in [0.1, 0.15) is 316 Å². The van der Waals surface area contributed by atoms with Crippen molar-refractivity contribution in [2.45, 2.75) is 322 Å². The molecule has 0 aromatic heterocycles. The maximum atomic E-state index is 12.8. The Morgan fingerprint density at radius 1 is 0.299 bits per heavy atom. The number of allylic oxidation sites excluding steroid dienone is 6. The first-order chi connectivity index (χ1) is 33.0. The van der Waals surface area contributed by atoms with Crippen LogP contribution in [0.2, 0.25) is 0 Å². The molecule has 0 saturated carbocycles. The van der Waals surface area contributed by atoms with Gasteiger partial charge in [-0.3, -0.25) is 14.4 Å². The number of hydrogen-bond acceptors (Lipinski definition) is 6.